The van der Waals surface area contributed by atoms with Gasteiger partial charge in [0.15, 0.2) is 0 Å². The van der Waals surface area contributed by atoms with Crippen molar-refractivity contribution >= 4 is 27.3 Å². The molecular weight excluding hydrogens is 374 g/mol. The van der Waals surface area contributed by atoms with E-state index >= 15 is 0 Å². The second-order valence-electron chi connectivity index (χ2n) is 7.42. The maximum Gasteiger partial charge on any atom is 0.288 e. The van der Waals surface area contributed by atoms with Crippen molar-refractivity contribution in [2.24, 2.45) is 5.92 Å². The zero-order chi connectivity index (χ0) is 19.7. The second-order valence-corrected chi connectivity index (χ2v) is 8.35. The normalized spacial score (nSPS) is 17.1. The van der Waals surface area contributed by atoms with Crippen molar-refractivity contribution in [3.8, 4) is 0 Å². The number of nitrogens with zero attached hydrogens (tertiary/aromatic N) is 4. The Kier molecular flexibility index (Phi) is 5.13. The Morgan fingerprint density at radius 3 is 2.86 bits per heavy atom. The Morgan fingerprint density at radius 1 is 1.32 bits per heavy atom. The number of anilines is 1. The first-order valence-electron chi connectivity index (χ1n) is 9.49. The summed E-state index contributed by atoms with van der Waals surface area (Å²) in [5.74, 6) is 0.169. The van der Waals surface area contributed by atoms with Gasteiger partial charge in [-0.25, -0.2) is 4.98 Å². The number of piperidine rings is 1. The quantitative estimate of drug-likeness (QED) is 0.732. The van der Waals surface area contributed by atoms with Gasteiger partial charge in [0.1, 0.15) is 5.56 Å². The van der Waals surface area contributed by atoms with E-state index in [9.17, 15) is 9.59 Å². The molecule has 8 heteroatoms. The Labute approximate surface area is 167 Å². The van der Waals surface area contributed by atoms with Gasteiger partial charge in [0.25, 0.3) is 11.5 Å². The molecule has 0 aliphatic carbocycles. The van der Waals surface area contributed by atoms with Crippen LogP contribution in [0.1, 0.15) is 41.3 Å². The molecule has 1 amide bonds. The van der Waals surface area contributed by atoms with E-state index in [0.717, 1.165) is 35.8 Å². The monoisotopic (exact) mass is 397 g/mol. The van der Waals surface area contributed by atoms with Gasteiger partial charge in [-0.05, 0) is 31.2 Å². The Balaban J connectivity index is 1.54. The van der Waals surface area contributed by atoms with Crippen LogP contribution in [-0.4, -0.2) is 33.6 Å². The van der Waals surface area contributed by atoms with Crippen molar-refractivity contribution in [2.75, 3.05) is 18.0 Å². The molecular formula is C20H23N5O2S. The summed E-state index contributed by atoms with van der Waals surface area (Å²) in [6.45, 7) is 6.45. The number of carbonyl (C=O) groups is 1. The van der Waals surface area contributed by atoms with Crippen LogP contribution in [0.3, 0.4) is 0 Å². The van der Waals surface area contributed by atoms with Gasteiger partial charge in [-0.2, -0.15) is 4.52 Å². The lowest BCUT2D eigenvalue weighted by molar-refractivity contribution is 0.0948. The summed E-state index contributed by atoms with van der Waals surface area (Å²) in [4.78, 5) is 32.3. The highest BCUT2D eigenvalue weighted by Crippen LogP contribution is 2.26. The van der Waals surface area contributed by atoms with Crippen LogP contribution in [0.2, 0.25) is 0 Å². The lowest BCUT2D eigenvalue weighted by atomic mass is 10.0. The van der Waals surface area contributed by atoms with Crippen LogP contribution in [0.15, 0.2) is 35.3 Å². The number of hydrogen-bond donors (Lipinski definition) is 1. The smallest absolute Gasteiger partial charge is 0.288 e. The molecule has 0 bridgehead atoms. The number of amides is 1. The molecule has 28 heavy (non-hydrogen) atoms. The molecule has 146 valence electrons. The summed E-state index contributed by atoms with van der Waals surface area (Å²) >= 11 is 1.39. The van der Waals surface area contributed by atoms with E-state index in [1.54, 1.807) is 0 Å². The Hall–Kier alpha value is -2.74. The summed E-state index contributed by atoms with van der Waals surface area (Å²) in [5, 5.41) is 8.02. The lowest BCUT2D eigenvalue weighted by Gasteiger charge is -2.30. The summed E-state index contributed by atoms with van der Waals surface area (Å²) in [6, 6.07) is 7.89. The van der Waals surface area contributed by atoms with Gasteiger partial charge < -0.3 is 10.2 Å². The minimum absolute atomic E-state index is 0.00785. The summed E-state index contributed by atoms with van der Waals surface area (Å²) in [6.07, 6.45) is 3.68. The van der Waals surface area contributed by atoms with Crippen LogP contribution in [0, 0.1) is 12.8 Å². The fourth-order valence-corrected chi connectivity index (χ4v) is 4.30. The van der Waals surface area contributed by atoms with Crippen LogP contribution in [0.5, 0.6) is 0 Å². The Morgan fingerprint density at radius 2 is 2.11 bits per heavy atom. The second kappa shape index (κ2) is 7.71. The molecule has 1 fully saturated rings. The average Bonchev–Trinajstić information content (AvgIpc) is 3.13. The van der Waals surface area contributed by atoms with Gasteiger partial charge in [0, 0.05) is 25.8 Å². The van der Waals surface area contributed by atoms with Gasteiger partial charge in [-0.1, -0.05) is 48.1 Å². The molecule has 0 radical (unpaired) electrons. The standard InChI is InChI=1S/C20H23N5O2S/c1-13-5-7-15(8-6-13)10-21-17(26)16-11-22-19-25(18(16)27)23-20(28-19)24-9-3-4-14(2)12-24/h5-8,11,14H,3-4,9-10,12H2,1-2H3,(H,21,26)/t14-/m1/s1. The molecule has 4 rings (SSSR count). The molecule has 0 saturated carbocycles. The number of fused-ring (bicyclic) bond motifs is 1. The number of hydrogen-bond acceptors (Lipinski definition) is 6. The summed E-state index contributed by atoms with van der Waals surface area (Å²) in [7, 11) is 0. The fraction of sp³-hybridized carbons (Fsp3) is 0.400. The predicted molar refractivity (Wildman–Crippen MR) is 110 cm³/mol. The third-order valence-corrected chi connectivity index (χ3v) is 6.01. The molecule has 1 aliphatic heterocycles. The summed E-state index contributed by atoms with van der Waals surface area (Å²) < 4.78 is 1.25. The van der Waals surface area contributed by atoms with Crippen LogP contribution < -0.4 is 15.8 Å². The van der Waals surface area contributed by atoms with Crippen molar-refractivity contribution < 1.29 is 4.79 Å². The van der Waals surface area contributed by atoms with Gasteiger partial charge in [-0.15, -0.1) is 5.10 Å². The largest absolute Gasteiger partial charge is 0.348 e. The third-order valence-electron chi connectivity index (χ3n) is 5.02. The first kappa shape index (κ1) is 18.6. The van der Waals surface area contributed by atoms with Crippen molar-refractivity contribution in [1.82, 2.24) is 19.9 Å². The van der Waals surface area contributed by atoms with Gasteiger partial charge in [-0.3, -0.25) is 9.59 Å². The SMILES string of the molecule is Cc1ccc(CNC(=O)c2cnc3sc(N4CCC[C@@H](C)C4)nn3c2=O)cc1. The number of aromatic nitrogens is 3. The van der Waals surface area contributed by atoms with Gasteiger partial charge in [0.05, 0.1) is 0 Å². The molecule has 0 unspecified atom stereocenters. The van der Waals surface area contributed by atoms with Crippen molar-refractivity contribution in [3.63, 3.8) is 0 Å². The van der Waals surface area contributed by atoms with E-state index in [0.29, 0.717) is 17.4 Å². The third kappa shape index (κ3) is 3.77. The van der Waals surface area contributed by atoms with Gasteiger partial charge >= 0.3 is 0 Å². The highest BCUT2D eigenvalue weighted by atomic mass is 32.1. The van der Waals surface area contributed by atoms with Crippen molar-refractivity contribution in [1.29, 1.82) is 0 Å². The first-order chi connectivity index (χ1) is 13.5. The first-order valence-corrected chi connectivity index (χ1v) is 10.3. The molecule has 1 saturated heterocycles. The highest BCUT2D eigenvalue weighted by Gasteiger charge is 2.22. The molecule has 1 aromatic carbocycles. The summed E-state index contributed by atoms with van der Waals surface area (Å²) in [5.41, 5.74) is 1.71. The lowest BCUT2D eigenvalue weighted by Crippen LogP contribution is -2.34. The maximum absolute atomic E-state index is 12.8. The van der Waals surface area contributed by atoms with E-state index < -0.39 is 11.5 Å². The zero-order valence-corrected chi connectivity index (χ0v) is 16.8. The van der Waals surface area contributed by atoms with Crippen LogP contribution in [0.4, 0.5) is 5.13 Å². The molecule has 3 aromatic rings. The highest BCUT2D eigenvalue weighted by molar-refractivity contribution is 7.20. The van der Waals surface area contributed by atoms with E-state index in [4.69, 9.17) is 0 Å². The molecule has 7 nitrogen and oxygen atoms in total. The molecule has 0 spiro atoms. The van der Waals surface area contributed by atoms with E-state index in [-0.39, 0.29) is 5.56 Å². The minimum Gasteiger partial charge on any atom is -0.348 e. The average molecular weight is 398 g/mol. The van der Waals surface area contributed by atoms with E-state index in [1.165, 1.54) is 28.5 Å². The van der Waals surface area contributed by atoms with Crippen molar-refractivity contribution in [3.05, 3.63) is 57.5 Å². The van der Waals surface area contributed by atoms with Crippen LogP contribution >= 0.6 is 11.3 Å². The number of nitrogens with one attached hydrogen (secondary N) is 1. The van der Waals surface area contributed by atoms with Crippen molar-refractivity contribution in [2.45, 2.75) is 33.2 Å². The van der Waals surface area contributed by atoms with Gasteiger partial charge in [0.2, 0.25) is 10.1 Å². The maximum atomic E-state index is 12.8. The minimum atomic E-state index is -0.436. The molecule has 1 aliphatic rings. The van der Waals surface area contributed by atoms with E-state index in [2.05, 4.69) is 27.2 Å². The topological polar surface area (TPSA) is 79.6 Å². The van der Waals surface area contributed by atoms with Crippen LogP contribution in [-0.2, 0) is 6.54 Å². The van der Waals surface area contributed by atoms with E-state index in [1.807, 2.05) is 31.2 Å². The van der Waals surface area contributed by atoms with Crippen LogP contribution in [0.25, 0.3) is 4.96 Å². The zero-order valence-electron chi connectivity index (χ0n) is 16.0. The molecule has 2 aromatic heterocycles. The number of rotatable bonds is 4. The number of aryl methyl sites for hydroxylation is 1. The Bertz CT molecular complexity index is 1060. The molecule has 3 heterocycles. The fourth-order valence-electron chi connectivity index (χ4n) is 3.41. The number of benzene rings is 1. The number of carbonyl (C=O) groups excluding carboxylic acids is 1. The molecule has 1 atom stereocenters. The molecule has 1 N–H and O–H groups in total. The predicted octanol–water partition coefficient (Wildman–Crippen LogP) is 2.63.